The third kappa shape index (κ3) is 1.82. The zero-order chi connectivity index (χ0) is 19.8. The molecule has 3 heteroatoms. The van der Waals surface area contributed by atoms with Crippen LogP contribution in [-0.4, -0.2) is 9.38 Å². The lowest BCUT2D eigenvalue weighted by Gasteiger charge is -2.03. The van der Waals surface area contributed by atoms with Crippen LogP contribution in [0.5, 0.6) is 0 Å². The Kier molecular flexibility index (Phi) is 2.88. The van der Waals surface area contributed by atoms with Crippen LogP contribution >= 0.6 is 0 Å². The number of benzene rings is 3. The molecule has 0 aliphatic rings. The lowest BCUT2D eigenvalue weighted by Crippen LogP contribution is -1.84. The summed E-state index contributed by atoms with van der Waals surface area (Å²) in [5.41, 5.74) is 7.71. The van der Waals surface area contributed by atoms with Gasteiger partial charge in [0.25, 0.3) is 0 Å². The summed E-state index contributed by atoms with van der Waals surface area (Å²) in [4.78, 5) is 4.53. The molecule has 0 saturated carbocycles. The maximum atomic E-state index is 5.80. The third-order valence-corrected chi connectivity index (χ3v) is 6.22. The van der Waals surface area contributed by atoms with Crippen molar-refractivity contribution in [1.82, 2.24) is 9.38 Å². The highest BCUT2D eigenvalue weighted by Gasteiger charge is 2.20. The van der Waals surface area contributed by atoms with E-state index in [0.717, 1.165) is 27.8 Å². The van der Waals surface area contributed by atoms with Gasteiger partial charge in [-0.05, 0) is 36.4 Å². The predicted molar refractivity (Wildman–Crippen MR) is 124 cm³/mol. The maximum absolute atomic E-state index is 5.80. The van der Waals surface area contributed by atoms with Gasteiger partial charge in [0.2, 0.25) is 0 Å². The Hall–Kier alpha value is -4.11. The average molecular weight is 384 g/mol. The van der Waals surface area contributed by atoms with Crippen LogP contribution < -0.4 is 0 Å². The summed E-state index contributed by atoms with van der Waals surface area (Å²) in [7, 11) is 0. The molecule has 4 heterocycles. The lowest BCUT2D eigenvalue weighted by atomic mass is 10.0. The van der Waals surface area contributed by atoms with E-state index in [1.807, 2.05) is 24.4 Å². The SMILES string of the molecule is C=Cc1coc2ccc3c(c4cccc5c6cc(-c7ccccn7)ccc6n3c54)c12. The molecule has 7 rings (SSSR count). The molecular weight excluding hydrogens is 368 g/mol. The molecule has 0 fully saturated rings. The second kappa shape index (κ2) is 5.49. The Morgan fingerprint density at radius 3 is 2.60 bits per heavy atom. The first-order chi connectivity index (χ1) is 14.8. The van der Waals surface area contributed by atoms with E-state index in [4.69, 9.17) is 4.42 Å². The highest BCUT2D eigenvalue weighted by Crippen LogP contribution is 2.43. The Bertz CT molecular complexity index is 1750. The summed E-state index contributed by atoms with van der Waals surface area (Å²) in [6.45, 7) is 3.98. The minimum atomic E-state index is 0.896. The first kappa shape index (κ1) is 15.8. The number of pyridine rings is 1. The van der Waals surface area contributed by atoms with Crippen LogP contribution in [0.4, 0.5) is 0 Å². The van der Waals surface area contributed by atoms with Crippen molar-refractivity contribution in [1.29, 1.82) is 0 Å². The summed E-state index contributed by atoms with van der Waals surface area (Å²) < 4.78 is 8.19. The first-order valence-corrected chi connectivity index (χ1v) is 10.0. The van der Waals surface area contributed by atoms with Gasteiger partial charge < -0.3 is 8.82 Å². The highest BCUT2D eigenvalue weighted by atomic mass is 16.3. The smallest absolute Gasteiger partial charge is 0.135 e. The molecule has 0 bridgehead atoms. The minimum absolute atomic E-state index is 0.896. The van der Waals surface area contributed by atoms with Gasteiger partial charge in [-0.3, -0.25) is 4.98 Å². The fraction of sp³-hybridized carbons (Fsp3) is 0. The largest absolute Gasteiger partial charge is 0.464 e. The normalized spacial score (nSPS) is 12.1. The van der Waals surface area contributed by atoms with Gasteiger partial charge in [-0.15, -0.1) is 0 Å². The van der Waals surface area contributed by atoms with Crippen molar-refractivity contribution in [2.45, 2.75) is 0 Å². The number of hydrogen-bond donors (Lipinski definition) is 0. The monoisotopic (exact) mass is 384 g/mol. The van der Waals surface area contributed by atoms with Crippen molar-refractivity contribution in [3.63, 3.8) is 0 Å². The quantitative estimate of drug-likeness (QED) is 0.313. The van der Waals surface area contributed by atoms with Crippen molar-refractivity contribution in [3.8, 4) is 11.3 Å². The van der Waals surface area contributed by atoms with Crippen LogP contribution in [0.15, 0.2) is 90.2 Å². The fourth-order valence-electron chi connectivity index (χ4n) is 4.97. The van der Waals surface area contributed by atoms with Gasteiger partial charge in [-0.2, -0.15) is 0 Å². The van der Waals surface area contributed by atoms with Crippen LogP contribution in [0.25, 0.3) is 66.4 Å². The number of furan rings is 1. The average Bonchev–Trinajstić information content (AvgIpc) is 3.47. The summed E-state index contributed by atoms with van der Waals surface area (Å²) in [5.74, 6) is 0. The molecule has 0 atom stereocenters. The molecule has 0 aliphatic heterocycles. The van der Waals surface area contributed by atoms with Crippen LogP contribution in [0, 0.1) is 0 Å². The van der Waals surface area contributed by atoms with Crippen LogP contribution in [0.1, 0.15) is 5.56 Å². The van der Waals surface area contributed by atoms with E-state index >= 15 is 0 Å². The molecule has 4 aromatic heterocycles. The second-order valence-electron chi connectivity index (χ2n) is 7.71. The van der Waals surface area contributed by atoms with Gasteiger partial charge in [0, 0.05) is 44.3 Å². The molecule has 7 aromatic rings. The molecule has 0 N–H and O–H groups in total. The van der Waals surface area contributed by atoms with Gasteiger partial charge in [0.15, 0.2) is 0 Å². The number of aromatic nitrogens is 2. The first-order valence-electron chi connectivity index (χ1n) is 10.0. The van der Waals surface area contributed by atoms with Crippen LogP contribution in [-0.2, 0) is 0 Å². The molecule has 0 unspecified atom stereocenters. The predicted octanol–water partition coefficient (Wildman–Crippen LogP) is 7.29. The molecule has 0 spiro atoms. The summed E-state index contributed by atoms with van der Waals surface area (Å²) in [6.07, 6.45) is 5.51. The second-order valence-corrected chi connectivity index (χ2v) is 7.71. The Morgan fingerprint density at radius 1 is 0.833 bits per heavy atom. The van der Waals surface area contributed by atoms with E-state index in [1.165, 1.54) is 38.1 Å². The molecule has 0 saturated heterocycles. The minimum Gasteiger partial charge on any atom is -0.464 e. The third-order valence-electron chi connectivity index (χ3n) is 6.22. The number of nitrogens with zero attached hydrogens (tertiary/aromatic N) is 2. The Balaban J connectivity index is 1.69. The van der Waals surface area contributed by atoms with Crippen molar-refractivity contribution >= 4 is 55.1 Å². The molecule has 140 valence electrons. The number of rotatable bonds is 2. The van der Waals surface area contributed by atoms with Gasteiger partial charge in [-0.25, -0.2) is 0 Å². The van der Waals surface area contributed by atoms with Gasteiger partial charge in [0.1, 0.15) is 5.58 Å². The lowest BCUT2D eigenvalue weighted by molar-refractivity contribution is 0.615. The maximum Gasteiger partial charge on any atom is 0.135 e. The van der Waals surface area contributed by atoms with Crippen molar-refractivity contribution in [3.05, 3.63) is 91.3 Å². The van der Waals surface area contributed by atoms with Crippen molar-refractivity contribution < 1.29 is 4.42 Å². The number of fused-ring (bicyclic) bond motifs is 8. The Morgan fingerprint density at radius 2 is 1.73 bits per heavy atom. The van der Waals surface area contributed by atoms with Gasteiger partial charge in [-0.1, -0.05) is 43.0 Å². The van der Waals surface area contributed by atoms with E-state index in [-0.39, 0.29) is 0 Å². The van der Waals surface area contributed by atoms with E-state index < -0.39 is 0 Å². The molecule has 0 aliphatic carbocycles. The zero-order valence-electron chi connectivity index (χ0n) is 16.1. The highest BCUT2D eigenvalue weighted by molar-refractivity contribution is 6.29. The van der Waals surface area contributed by atoms with Gasteiger partial charge >= 0.3 is 0 Å². The topological polar surface area (TPSA) is 30.4 Å². The number of hydrogen-bond acceptors (Lipinski definition) is 2. The molecule has 3 aromatic carbocycles. The zero-order valence-corrected chi connectivity index (χ0v) is 16.1. The summed E-state index contributed by atoms with van der Waals surface area (Å²) in [5, 5.41) is 6.11. The van der Waals surface area contributed by atoms with Gasteiger partial charge in [0.05, 0.1) is 28.5 Å². The molecule has 0 amide bonds. The molecular formula is C27H16N2O. The van der Waals surface area contributed by atoms with E-state index in [1.54, 1.807) is 6.26 Å². The summed E-state index contributed by atoms with van der Waals surface area (Å²) in [6, 6.07) is 23.5. The van der Waals surface area contributed by atoms with Crippen LogP contribution in [0.2, 0.25) is 0 Å². The fourth-order valence-corrected chi connectivity index (χ4v) is 4.97. The van der Waals surface area contributed by atoms with Crippen molar-refractivity contribution in [2.24, 2.45) is 0 Å². The Labute approximate surface area is 171 Å². The standard InChI is InChI=1S/C27H16N2O/c1-2-16-15-30-24-12-11-23-26(25(16)24)19-7-5-6-18-20-14-17(21-8-3-4-13-28-21)9-10-22(20)29(23)27(18)19/h2-15H,1H2. The van der Waals surface area contributed by atoms with Crippen LogP contribution in [0.3, 0.4) is 0 Å². The van der Waals surface area contributed by atoms with Crippen molar-refractivity contribution in [2.75, 3.05) is 0 Å². The summed E-state index contributed by atoms with van der Waals surface area (Å²) >= 11 is 0. The van der Waals surface area contributed by atoms with E-state index in [2.05, 4.69) is 70.6 Å². The molecule has 30 heavy (non-hydrogen) atoms. The molecule has 0 radical (unpaired) electrons. The molecule has 3 nitrogen and oxygen atoms in total. The van der Waals surface area contributed by atoms with E-state index in [0.29, 0.717) is 0 Å². The van der Waals surface area contributed by atoms with E-state index in [9.17, 15) is 0 Å². The number of para-hydroxylation sites is 1.